The van der Waals surface area contributed by atoms with Crippen LogP contribution in [-0.4, -0.2) is 0 Å². The van der Waals surface area contributed by atoms with Crippen LogP contribution in [0.25, 0.3) is 33.4 Å². The maximum atomic E-state index is 2.55. The molecule has 0 saturated carbocycles. The standard InChI is InChI=1S/C49H47N/c1-7-48(8-2)42-21-15-12-18-36(42)39-27-24-33(30-45(39)48)50(32-23-26-38-35-17-11-14-20-41(35)47(5,6)44(38)29-32)34-25-28-40-37-19-13-16-22-43(37)49(9-3,10-4)46(40)31-34/h11-31H,7-10H2,1-6H3. The molecule has 0 unspecified atom stereocenters. The van der Waals surface area contributed by atoms with Crippen LogP contribution in [0.4, 0.5) is 17.1 Å². The van der Waals surface area contributed by atoms with Crippen LogP contribution in [0.1, 0.15) is 101 Å². The van der Waals surface area contributed by atoms with Crippen LogP contribution in [0.2, 0.25) is 0 Å². The molecule has 0 heterocycles. The van der Waals surface area contributed by atoms with Crippen molar-refractivity contribution in [3.63, 3.8) is 0 Å². The highest BCUT2D eigenvalue weighted by atomic mass is 15.1. The Morgan fingerprint density at radius 1 is 0.360 bits per heavy atom. The summed E-state index contributed by atoms with van der Waals surface area (Å²) in [6.07, 6.45) is 4.31. The number of anilines is 3. The van der Waals surface area contributed by atoms with Gasteiger partial charge < -0.3 is 4.90 Å². The minimum Gasteiger partial charge on any atom is -0.310 e. The van der Waals surface area contributed by atoms with Gasteiger partial charge in [0.25, 0.3) is 0 Å². The lowest BCUT2D eigenvalue weighted by atomic mass is 9.73. The van der Waals surface area contributed by atoms with E-state index < -0.39 is 0 Å². The number of nitrogens with zero attached hydrogens (tertiary/aromatic N) is 1. The molecule has 0 aliphatic heterocycles. The monoisotopic (exact) mass is 649 g/mol. The summed E-state index contributed by atoms with van der Waals surface area (Å²) in [7, 11) is 0. The molecule has 50 heavy (non-hydrogen) atoms. The second kappa shape index (κ2) is 11.1. The van der Waals surface area contributed by atoms with E-state index in [0.717, 1.165) is 25.7 Å². The third kappa shape index (κ3) is 3.95. The van der Waals surface area contributed by atoms with Crippen LogP contribution < -0.4 is 4.90 Å². The molecule has 0 bridgehead atoms. The van der Waals surface area contributed by atoms with Crippen molar-refractivity contribution in [1.82, 2.24) is 0 Å². The summed E-state index contributed by atoms with van der Waals surface area (Å²) in [5.41, 5.74) is 20.6. The van der Waals surface area contributed by atoms with Crippen molar-refractivity contribution >= 4 is 17.1 Å². The topological polar surface area (TPSA) is 3.24 Å². The fourth-order valence-corrected chi connectivity index (χ4v) is 10.5. The van der Waals surface area contributed by atoms with Crippen LogP contribution in [0.3, 0.4) is 0 Å². The molecule has 0 atom stereocenters. The molecule has 9 rings (SSSR count). The lowest BCUT2D eigenvalue weighted by Crippen LogP contribution is -2.24. The van der Waals surface area contributed by atoms with Crippen molar-refractivity contribution in [3.05, 3.63) is 161 Å². The third-order valence-electron chi connectivity index (χ3n) is 13.3. The van der Waals surface area contributed by atoms with Gasteiger partial charge in [-0.2, -0.15) is 0 Å². The number of fused-ring (bicyclic) bond motifs is 9. The predicted octanol–water partition coefficient (Wildman–Crippen LogP) is 13.6. The molecule has 0 aromatic heterocycles. The molecule has 3 aliphatic rings. The van der Waals surface area contributed by atoms with Gasteiger partial charge in [0.1, 0.15) is 0 Å². The Balaban J connectivity index is 1.28. The van der Waals surface area contributed by atoms with Gasteiger partial charge in [-0.15, -0.1) is 0 Å². The first kappa shape index (κ1) is 31.1. The van der Waals surface area contributed by atoms with Crippen LogP contribution in [0, 0.1) is 0 Å². The average Bonchev–Trinajstić information content (AvgIpc) is 3.70. The third-order valence-corrected chi connectivity index (χ3v) is 13.3. The van der Waals surface area contributed by atoms with Gasteiger partial charge in [0.05, 0.1) is 0 Å². The summed E-state index contributed by atoms with van der Waals surface area (Å²) >= 11 is 0. The van der Waals surface area contributed by atoms with E-state index in [-0.39, 0.29) is 16.2 Å². The second-order valence-electron chi connectivity index (χ2n) is 15.4. The van der Waals surface area contributed by atoms with Crippen molar-refractivity contribution in [3.8, 4) is 33.4 Å². The predicted molar refractivity (Wildman–Crippen MR) is 212 cm³/mol. The molecular formula is C49H47N. The van der Waals surface area contributed by atoms with Crippen LogP contribution in [0.15, 0.2) is 127 Å². The normalized spacial score (nSPS) is 16.2. The Morgan fingerprint density at radius 2 is 0.680 bits per heavy atom. The van der Waals surface area contributed by atoms with Crippen molar-refractivity contribution in [2.75, 3.05) is 4.90 Å². The Morgan fingerprint density at radius 3 is 1.10 bits per heavy atom. The van der Waals surface area contributed by atoms with Gasteiger partial charge in [-0.25, -0.2) is 0 Å². The molecule has 0 N–H and O–H groups in total. The average molecular weight is 650 g/mol. The lowest BCUT2D eigenvalue weighted by molar-refractivity contribution is 0.490. The Hall–Kier alpha value is -4.88. The first-order chi connectivity index (χ1) is 24.3. The SMILES string of the molecule is CCC1(CC)c2ccccc2-c2ccc(N(c3ccc4c(c3)C(C)(C)c3ccccc3-4)c3ccc4c(c3)C(CC)(CC)c3ccccc3-4)cc21. The molecule has 248 valence electrons. The van der Waals surface area contributed by atoms with E-state index in [1.54, 1.807) is 0 Å². The smallest absolute Gasteiger partial charge is 0.0465 e. The molecular weight excluding hydrogens is 603 g/mol. The Kier molecular flexibility index (Phi) is 6.89. The quantitative estimate of drug-likeness (QED) is 0.166. The molecule has 6 aromatic carbocycles. The maximum absolute atomic E-state index is 2.55. The zero-order chi connectivity index (χ0) is 34.4. The van der Waals surface area contributed by atoms with Crippen LogP contribution in [0.5, 0.6) is 0 Å². The second-order valence-corrected chi connectivity index (χ2v) is 15.4. The number of benzene rings is 6. The molecule has 1 heteroatoms. The van der Waals surface area contributed by atoms with E-state index >= 15 is 0 Å². The summed E-state index contributed by atoms with van der Waals surface area (Å²) in [6, 6.07) is 49.0. The molecule has 0 fully saturated rings. The summed E-state index contributed by atoms with van der Waals surface area (Å²) < 4.78 is 0. The molecule has 0 saturated heterocycles. The van der Waals surface area contributed by atoms with E-state index in [2.05, 4.69) is 174 Å². The van der Waals surface area contributed by atoms with Gasteiger partial charge in [0.15, 0.2) is 0 Å². The minimum absolute atomic E-state index is 0.00826. The van der Waals surface area contributed by atoms with Crippen molar-refractivity contribution in [2.24, 2.45) is 0 Å². The first-order valence-electron chi connectivity index (χ1n) is 18.9. The van der Waals surface area contributed by atoms with E-state index in [9.17, 15) is 0 Å². The fourth-order valence-electron chi connectivity index (χ4n) is 10.5. The summed E-state index contributed by atoms with van der Waals surface area (Å²) in [5, 5.41) is 0. The molecule has 0 spiro atoms. The van der Waals surface area contributed by atoms with Gasteiger partial charge in [0.2, 0.25) is 0 Å². The van der Waals surface area contributed by atoms with Gasteiger partial charge in [-0.1, -0.05) is 133 Å². The van der Waals surface area contributed by atoms with E-state index in [1.165, 1.54) is 83.8 Å². The summed E-state index contributed by atoms with van der Waals surface area (Å²) in [4.78, 5) is 2.55. The Labute approximate surface area is 298 Å². The minimum atomic E-state index is -0.0775. The fraction of sp³-hybridized carbons (Fsp3) is 0.265. The maximum Gasteiger partial charge on any atom is 0.0465 e. The zero-order valence-corrected chi connectivity index (χ0v) is 30.4. The Bertz CT molecular complexity index is 2200. The highest BCUT2D eigenvalue weighted by Crippen LogP contribution is 2.57. The van der Waals surface area contributed by atoms with E-state index in [4.69, 9.17) is 0 Å². The number of hydrogen-bond donors (Lipinski definition) is 0. The number of rotatable bonds is 7. The number of hydrogen-bond acceptors (Lipinski definition) is 1. The molecule has 3 aliphatic carbocycles. The van der Waals surface area contributed by atoms with E-state index in [1.807, 2.05) is 0 Å². The summed E-state index contributed by atoms with van der Waals surface area (Å²) in [5.74, 6) is 0. The van der Waals surface area contributed by atoms with Gasteiger partial charge in [0, 0.05) is 33.3 Å². The zero-order valence-electron chi connectivity index (χ0n) is 30.4. The van der Waals surface area contributed by atoms with Gasteiger partial charge in [-0.05, 0) is 129 Å². The van der Waals surface area contributed by atoms with Crippen LogP contribution >= 0.6 is 0 Å². The van der Waals surface area contributed by atoms with Crippen molar-refractivity contribution in [1.29, 1.82) is 0 Å². The van der Waals surface area contributed by atoms with Crippen molar-refractivity contribution < 1.29 is 0 Å². The molecule has 6 aromatic rings. The molecule has 0 amide bonds. The summed E-state index contributed by atoms with van der Waals surface area (Å²) in [6.45, 7) is 14.2. The lowest BCUT2D eigenvalue weighted by Gasteiger charge is -2.33. The highest BCUT2D eigenvalue weighted by molar-refractivity contribution is 5.90. The van der Waals surface area contributed by atoms with Crippen molar-refractivity contribution in [2.45, 2.75) is 83.5 Å². The highest BCUT2D eigenvalue weighted by Gasteiger charge is 2.43. The largest absolute Gasteiger partial charge is 0.310 e. The van der Waals surface area contributed by atoms with E-state index in [0.29, 0.717) is 0 Å². The van der Waals surface area contributed by atoms with Crippen LogP contribution in [-0.2, 0) is 16.2 Å². The van der Waals surface area contributed by atoms with Gasteiger partial charge in [-0.3, -0.25) is 0 Å². The van der Waals surface area contributed by atoms with Gasteiger partial charge >= 0.3 is 0 Å². The molecule has 0 radical (unpaired) electrons. The first-order valence-corrected chi connectivity index (χ1v) is 18.9. The molecule has 1 nitrogen and oxygen atoms in total.